The molecule has 1 unspecified atom stereocenters. The van der Waals surface area contributed by atoms with Crippen LogP contribution in [0.25, 0.3) is 0 Å². The largest absolute Gasteiger partial charge is 0.383 e. The zero-order chi connectivity index (χ0) is 12.9. The van der Waals surface area contributed by atoms with Crippen molar-refractivity contribution in [2.24, 2.45) is 0 Å². The highest BCUT2D eigenvalue weighted by Crippen LogP contribution is 2.23. The third-order valence-corrected chi connectivity index (χ3v) is 3.15. The van der Waals surface area contributed by atoms with E-state index in [9.17, 15) is 0 Å². The van der Waals surface area contributed by atoms with E-state index in [0.29, 0.717) is 6.04 Å². The van der Waals surface area contributed by atoms with Gasteiger partial charge in [-0.15, -0.1) is 0 Å². The van der Waals surface area contributed by atoms with E-state index in [1.54, 1.807) is 0 Å². The van der Waals surface area contributed by atoms with Crippen LogP contribution in [0.3, 0.4) is 0 Å². The van der Waals surface area contributed by atoms with Gasteiger partial charge in [-0.2, -0.15) is 0 Å². The molecule has 17 heavy (non-hydrogen) atoms. The van der Waals surface area contributed by atoms with Crippen molar-refractivity contribution < 1.29 is 0 Å². The summed E-state index contributed by atoms with van der Waals surface area (Å²) in [6.07, 6.45) is 3.82. The Morgan fingerprint density at radius 1 is 1.12 bits per heavy atom. The van der Waals surface area contributed by atoms with Gasteiger partial charge in [-0.25, -0.2) is 0 Å². The summed E-state index contributed by atoms with van der Waals surface area (Å²) in [5.74, 6) is 0. The van der Waals surface area contributed by atoms with Gasteiger partial charge in [-0.1, -0.05) is 52.7 Å². The molecule has 0 fully saturated rings. The van der Waals surface area contributed by atoms with E-state index in [1.165, 1.54) is 30.5 Å². The Morgan fingerprint density at radius 2 is 1.71 bits per heavy atom. The molecule has 1 nitrogen and oxygen atoms in total. The minimum Gasteiger partial charge on any atom is -0.383 e. The van der Waals surface area contributed by atoms with Crippen molar-refractivity contribution in [1.29, 1.82) is 0 Å². The van der Waals surface area contributed by atoms with Crippen LogP contribution >= 0.6 is 0 Å². The van der Waals surface area contributed by atoms with Crippen molar-refractivity contribution >= 4 is 5.69 Å². The second-order valence-electron chi connectivity index (χ2n) is 6.01. The number of anilines is 1. The Hall–Kier alpha value is -0.980. The molecular formula is C16H27N. The van der Waals surface area contributed by atoms with E-state index in [-0.39, 0.29) is 5.41 Å². The summed E-state index contributed by atoms with van der Waals surface area (Å²) in [6.45, 7) is 11.2. The van der Waals surface area contributed by atoms with E-state index >= 15 is 0 Å². The van der Waals surface area contributed by atoms with Crippen molar-refractivity contribution in [3.63, 3.8) is 0 Å². The fraction of sp³-hybridized carbons (Fsp3) is 0.625. The molecule has 96 valence electrons. The molecule has 1 aromatic carbocycles. The summed E-state index contributed by atoms with van der Waals surface area (Å²) in [5, 5.41) is 3.56. The normalized spacial score (nSPS) is 13.5. The molecule has 1 N–H and O–H groups in total. The smallest absolute Gasteiger partial charge is 0.0342 e. The first-order chi connectivity index (χ1) is 7.93. The summed E-state index contributed by atoms with van der Waals surface area (Å²) in [5.41, 5.74) is 2.87. The van der Waals surface area contributed by atoms with Crippen molar-refractivity contribution in [3.05, 3.63) is 29.8 Å². The Bertz CT molecular complexity index is 318. The predicted octanol–water partition coefficient (Wildman–Crippen LogP) is 4.97. The molecule has 0 aliphatic rings. The van der Waals surface area contributed by atoms with Crippen molar-refractivity contribution in [2.45, 2.75) is 65.3 Å². The lowest BCUT2D eigenvalue weighted by Crippen LogP contribution is -2.15. The molecule has 1 aromatic rings. The summed E-state index contributed by atoms with van der Waals surface area (Å²) in [7, 11) is 0. The van der Waals surface area contributed by atoms with Gasteiger partial charge in [-0.3, -0.25) is 0 Å². The van der Waals surface area contributed by atoms with Crippen LogP contribution in [0.15, 0.2) is 24.3 Å². The van der Waals surface area contributed by atoms with Gasteiger partial charge in [0.05, 0.1) is 0 Å². The average Bonchev–Trinajstić information content (AvgIpc) is 2.26. The molecule has 0 spiro atoms. The van der Waals surface area contributed by atoms with Gasteiger partial charge in [0.25, 0.3) is 0 Å². The molecule has 0 saturated carbocycles. The third-order valence-electron chi connectivity index (χ3n) is 3.15. The van der Waals surface area contributed by atoms with Crippen LogP contribution in [-0.4, -0.2) is 6.04 Å². The number of hydrogen-bond acceptors (Lipinski definition) is 1. The van der Waals surface area contributed by atoms with Gasteiger partial charge >= 0.3 is 0 Å². The van der Waals surface area contributed by atoms with Crippen LogP contribution in [0.1, 0.15) is 59.4 Å². The second-order valence-corrected chi connectivity index (χ2v) is 6.01. The van der Waals surface area contributed by atoms with Gasteiger partial charge < -0.3 is 5.32 Å². The van der Waals surface area contributed by atoms with Gasteiger partial charge in [0, 0.05) is 11.7 Å². The molecule has 0 aromatic heterocycles. The molecule has 0 bridgehead atoms. The number of rotatable bonds is 5. The number of unbranched alkanes of at least 4 members (excludes halogenated alkanes) is 1. The lowest BCUT2D eigenvalue weighted by atomic mass is 9.87. The second kappa shape index (κ2) is 6.09. The first kappa shape index (κ1) is 14.1. The highest BCUT2D eigenvalue weighted by Gasteiger charge is 2.12. The topological polar surface area (TPSA) is 12.0 Å². The van der Waals surface area contributed by atoms with Gasteiger partial charge in [0.2, 0.25) is 0 Å². The quantitative estimate of drug-likeness (QED) is 0.756. The summed E-state index contributed by atoms with van der Waals surface area (Å²) >= 11 is 0. The molecule has 0 aliphatic heterocycles. The van der Waals surface area contributed by atoms with Crippen LogP contribution in [0.5, 0.6) is 0 Å². The van der Waals surface area contributed by atoms with Crippen molar-refractivity contribution in [3.8, 4) is 0 Å². The summed E-state index contributed by atoms with van der Waals surface area (Å²) < 4.78 is 0. The molecule has 0 radical (unpaired) electrons. The number of nitrogens with one attached hydrogen (secondary N) is 1. The molecule has 0 heterocycles. The molecule has 1 heteroatoms. The summed E-state index contributed by atoms with van der Waals surface area (Å²) in [4.78, 5) is 0. The zero-order valence-corrected chi connectivity index (χ0v) is 12.0. The number of benzene rings is 1. The Balaban J connectivity index is 2.56. The van der Waals surface area contributed by atoms with Crippen molar-refractivity contribution in [1.82, 2.24) is 0 Å². The fourth-order valence-electron chi connectivity index (χ4n) is 1.93. The first-order valence-corrected chi connectivity index (χ1v) is 6.80. The maximum Gasteiger partial charge on any atom is 0.0342 e. The maximum absolute atomic E-state index is 3.56. The fourth-order valence-corrected chi connectivity index (χ4v) is 1.93. The van der Waals surface area contributed by atoms with Gasteiger partial charge in [0.15, 0.2) is 0 Å². The van der Waals surface area contributed by atoms with Crippen molar-refractivity contribution in [2.75, 3.05) is 5.32 Å². The molecule has 1 atom stereocenters. The van der Waals surface area contributed by atoms with Crippen LogP contribution in [0.4, 0.5) is 5.69 Å². The Morgan fingerprint density at radius 3 is 2.18 bits per heavy atom. The highest BCUT2D eigenvalue weighted by molar-refractivity contribution is 5.46. The predicted molar refractivity (Wildman–Crippen MR) is 77.8 cm³/mol. The maximum atomic E-state index is 3.56. The Labute approximate surface area is 107 Å². The lowest BCUT2D eigenvalue weighted by Gasteiger charge is -2.20. The molecule has 0 aliphatic carbocycles. The van der Waals surface area contributed by atoms with Crippen LogP contribution in [0.2, 0.25) is 0 Å². The lowest BCUT2D eigenvalue weighted by molar-refractivity contribution is 0.590. The first-order valence-electron chi connectivity index (χ1n) is 6.80. The molecule has 0 saturated heterocycles. The monoisotopic (exact) mass is 233 g/mol. The van der Waals surface area contributed by atoms with Crippen LogP contribution < -0.4 is 5.32 Å². The molecule has 1 rings (SSSR count). The summed E-state index contributed by atoms with van der Waals surface area (Å²) in [6, 6.07) is 9.42. The van der Waals surface area contributed by atoms with Gasteiger partial charge in [0.1, 0.15) is 0 Å². The zero-order valence-electron chi connectivity index (χ0n) is 12.0. The van der Waals surface area contributed by atoms with Gasteiger partial charge in [-0.05, 0) is 36.5 Å². The number of hydrogen-bond donors (Lipinski definition) is 1. The standard InChI is InChI=1S/C16H27N/c1-6-7-8-13(2)17-15-11-9-14(10-12-15)16(3,4)5/h9-13,17H,6-8H2,1-5H3. The third kappa shape index (κ3) is 4.80. The van der Waals surface area contributed by atoms with E-state index in [1.807, 2.05) is 0 Å². The van der Waals surface area contributed by atoms with E-state index in [2.05, 4.69) is 64.2 Å². The van der Waals surface area contributed by atoms with E-state index in [4.69, 9.17) is 0 Å². The minimum atomic E-state index is 0.242. The average molecular weight is 233 g/mol. The molecular weight excluding hydrogens is 206 g/mol. The van der Waals surface area contributed by atoms with Crippen LogP contribution in [0, 0.1) is 0 Å². The van der Waals surface area contributed by atoms with E-state index < -0.39 is 0 Å². The minimum absolute atomic E-state index is 0.242. The molecule has 0 amide bonds. The van der Waals surface area contributed by atoms with E-state index in [0.717, 1.165) is 0 Å². The Kier molecular flexibility index (Phi) is 5.04. The SMILES string of the molecule is CCCCC(C)Nc1ccc(C(C)(C)C)cc1. The van der Waals surface area contributed by atoms with Crippen LogP contribution in [-0.2, 0) is 5.41 Å². The highest BCUT2D eigenvalue weighted by atomic mass is 14.9.